The summed E-state index contributed by atoms with van der Waals surface area (Å²) in [7, 11) is 2.08. The summed E-state index contributed by atoms with van der Waals surface area (Å²) in [6.45, 7) is 2.51. The van der Waals surface area contributed by atoms with Crippen molar-refractivity contribution in [3.05, 3.63) is 24.3 Å². The Morgan fingerprint density at radius 3 is 2.32 bits per heavy atom. The topological polar surface area (TPSA) is 41.1 Å². The van der Waals surface area contributed by atoms with Crippen molar-refractivity contribution in [3.63, 3.8) is 0 Å². The van der Waals surface area contributed by atoms with Crippen molar-refractivity contribution in [1.29, 1.82) is 0 Å². The molecule has 1 aromatic rings. The first-order valence-corrected chi connectivity index (χ1v) is 7.54. The predicted molar refractivity (Wildman–Crippen MR) is 75.8 cm³/mol. The van der Waals surface area contributed by atoms with Gasteiger partial charge in [-0.05, 0) is 45.8 Å². The van der Waals surface area contributed by atoms with E-state index < -0.39 is 0 Å². The van der Waals surface area contributed by atoms with E-state index in [1.54, 1.807) is 6.33 Å². The van der Waals surface area contributed by atoms with Crippen LogP contribution in [-0.4, -0.2) is 40.5 Å². The molecule has 0 bridgehead atoms. The Morgan fingerprint density at radius 1 is 1.11 bits per heavy atom. The number of rotatable bonds is 4. The van der Waals surface area contributed by atoms with Gasteiger partial charge in [-0.25, -0.2) is 9.97 Å². The Balaban J connectivity index is 1.93. The van der Waals surface area contributed by atoms with Gasteiger partial charge in [-0.15, -0.1) is 0 Å². The van der Waals surface area contributed by atoms with Crippen LogP contribution in [0.3, 0.4) is 0 Å². The molecule has 0 radical (unpaired) electrons. The van der Waals surface area contributed by atoms with Crippen molar-refractivity contribution < 1.29 is 0 Å². The van der Waals surface area contributed by atoms with Crippen LogP contribution in [0.1, 0.15) is 50.1 Å². The summed E-state index contributed by atoms with van der Waals surface area (Å²) < 4.78 is 0. The lowest BCUT2D eigenvalue weighted by Crippen LogP contribution is -2.53. The molecule has 1 aliphatic heterocycles. The minimum atomic E-state index is 0.288. The van der Waals surface area contributed by atoms with Crippen molar-refractivity contribution in [2.24, 2.45) is 0 Å². The van der Waals surface area contributed by atoms with Gasteiger partial charge in [0.25, 0.3) is 0 Å². The van der Waals surface area contributed by atoms with E-state index in [1.165, 1.54) is 57.2 Å². The van der Waals surface area contributed by atoms with Crippen molar-refractivity contribution >= 4 is 0 Å². The number of hydrogen-bond donors (Lipinski definition) is 1. The number of hydrogen-bond acceptors (Lipinski definition) is 4. The Hall–Kier alpha value is -1.00. The SMILES string of the molecule is CNC(c1cncnc1)C1(N2CCCC2)CCCC1. The van der Waals surface area contributed by atoms with Crippen LogP contribution in [0.2, 0.25) is 0 Å². The van der Waals surface area contributed by atoms with Gasteiger partial charge in [-0.2, -0.15) is 0 Å². The van der Waals surface area contributed by atoms with Gasteiger partial charge in [0.05, 0.1) is 6.04 Å². The number of likely N-dealkylation sites (tertiary alicyclic amines) is 1. The number of likely N-dealkylation sites (N-methyl/N-ethyl adjacent to an activating group) is 1. The van der Waals surface area contributed by atoms with Gasteiger partial charge in [0.15, 0.2) is 0 Å². The van der Waals surface area contributed by atoms with E-state index in [0.29, 0.717) is 6.04 Å². The lowest BCUT2D eigenvalue weighted by Gasteiger charge is -2.45. The molecule has 1 N–H and O–H groups in total. The highest BCUT2D eigenvalue weighted by Gasteiger charge is 2.46. The molecule has 0 aromatic carbocycles. The highest BCUT2D eigenvalue weighted by Crippen LogP contribution is 2.45. The number of nitrogens with zero attached hydrogens (tertiary/aromatic N) is 3. The second-order valence-corrected chi connectivity index (χ2v) is 5.90. The van der Waals surface area contributed by atoms with Gasteiger partial charge in [0, 0.05) is 23.5 Å². The molecule has 4 heteroatoms. The normalized spacial score (nSPS) is 24.7. The van der Waals surface area contributed by atoms with E-state index in [2.05, 4.69) is 27.2 Å². The molecule has 1 saturated heterocycles. The molecule has 1 atom stereocenters. The zero-order valence-corrected chi connectivity index (χ0v) is 11.8. The van der Waals surface area contributed by atoms with Crippen LogP contribution in [0.15, 0.2) is 18.7 Å². The molecule has 1 aliphatic carbocycles. The fourth-order valence-electron chi connectivity index (χ4n) is 4.14. The maximum absolute atomic E-state index is 4.21. The van der Waals surface area contributed by atoms with Crippen LogP contribution in [0, 0.1) is 0 Å². The molecular formula is C15H24N4. The molecule has 2 aliphatic rings. The largest absolute Gasteiger partial charge is 0.311 e. The highest BCUT2D eigenvalue weighted by molar-refractivity contribution is 5.19. The van der Waals surface area contributed by atoms with E-state index in [9.17, 15) is 0 Å². The standard InChI is InChI=1S/C15H24N4/c1-16-14(13-10-17-12-18-11-13)15(6-2-3-7-15)19-8-4-5-9-19/h10-12,14,16H,2-9H2,1H3. The van der Waals surface area contributed by atoms with Gasteiger partial charge in [0.1, 0.15) is 6.33 Å². The van der Waals surface area contributed by atoms with Crippen LogP contribution in [0.25, 0.3) is 0 Å². The quantitative estimate of drug-likeness (QED) is 0.900. The maximum Gasteiger partial charge on any atom is 0.115 e. The minimum Gasteiger partial charge on any atom is -0.311 e. The molecule has 3 rings (SSSR count). The van der Waals surface area contributed by atoms with E-state index >= 15 is 0 Å². The second-order valence-electron chi connectivity index (χ2n) is 5.90. The van der Waals surface area contributed by atoms with Crippen LogP contribution in [-0.2, 0) is 0 Å². The Bertz CT molecular complexity index is 394. The molecule has 19 heavy (non-hydrogen) atoms. The predicted octanol–water partition coefficient (Wildman–Crippen LogP) is 2.15. The van der Waals surface area contributed by atoms with E-state index in [4.69, 9.17) is 0 Å². The smallest absolute Gasteiger partial charge is 0.115 e. The van der Waals surface area contributed by atoms with E-state index in [1.807, 2.05) is 12.4 Å². The highest BCUT2D eigenvalue weighted by atomic mass is 15.2. The zero-order chi connectivity index (χ0) is 13.1. The summed E-state index contributed by atoms with van der Waals surface area (Å²) >= 11 is 0. The van der Waals surface area contributed by atoms with Crippen LogP contribution < -0.4 is 5.32 Å². The summed E-state index contributed by atoms with van der Waals surface area (Å²) in [5.74, 6) is 0. The molecule has 104 valence electrons. The Morgan fingerprint density at radius 2 is 1.74 bits per heavy atom. The van der Waals surface area contributed by atoms with Gasteiger partial charge in [-0.1, -0.05) is 12.8 Å². The van der Waals surface area contributed by atoms with Crippen molar-refractivity contribution in [2.75, 3.05) is 20.1 Å². The summed E-state index contributed by atoms with van der Waals surface area (Å²) in [6.07, 6.45) is 13.6. The third kappa shape index (κ3) is 2.28. The zero-order valence-electron chi connectivity index (χ0n) is 11.8. The monoisotopic (exact) mass is 260 g/mol. The van der Waals surface area contributed by atoms with Gasteiger partial charge in [0.2, 0.25) is 0 Å². The lowest BCUT2D eigenvalue weighted by molar-refractivity contribution is 0.0794. The molecule has 1 unspecified atom stereocenters. The van der Waals surface area contributed by atoms with Crippen LogP contribution in [0.5, 0.6) is 0 Å². The van der Waals surface area contributed by atoms with Crippen molar-refractivity contribution in [2.45, 2.75) is 50.1 Å². The number of nitrogens with one attached hydrogen (secondary N) is 1. The molecule has 0 amide bonds. The van der Waals surface area contributed by atoms with E-state index in [-0.39, 0.29) is 5.54 Å². The molecule has 2 heterocycles. The fourth-order valence-corrected chi connectivity index (χ4v) is 4.14. The fraction of sp³-hybridized carbons (Fsp3) is 0.733. The molecule has 4 nitrogen and oxygen atoms in total. The third-order valence-corrected chi connectivity index (χ3v) is 4.95. The summed E-state index contributed by atoms with van der Waals surface area (Å²) in [5.41, 5.74) is 1.52. The molecule has 2 fully saturated rings. The Kier molecular flexibility index (Phi) is 3.80. The van der Waals surface area contributed by atoms with Crippen molar-refractivity contribution in [3.8, 4) is 0 Å². The Labute approximate surface area is 115 Å². The van der Waals surface area contributed by atoms with Crippen LogP contribution >= 0.6 is 0 Å². The third-order valence-electron chi connectivity index (χ3n) is 4.95. The minimum absolute atomic E-state index is 0.288. The average molecular weight is 260 g/mol. The summed E-state index contributed by atoms with van der Waals surface area (Å²) in [5, 5.41) is 3.56. The van der Waals surface area contributed by atoms with Gasteiger partial charge in [-0.3, -0.25) is 4.90 Å². The molecule has 1 aromatic heterocycles. The molecule has 0 spiro atoms. The maximum atomic E-state index is 4.21. The summed E-state index contributed by atoms with van der Waals surface area (Å²) in [4.78, 5) is 11.2. The van der Waals surface area contributed by atoms with Gasteiger partial charge < -0.3 is 5.32 Å². The first-order valence-electron chi connectivity index (χ1n) is 7.54. The number of aromatic nitrogens is 2. The second kappa shape index (κ2) is 5.55. The van der Waals surface area contributed by atoms with Gasteiger partial charge >= 0.3 is 0 Å². The summed E-state index contributed by atoms with van der Waals surface area (Å²) in [6, 6.07) is 0.356. The first-order chi connectivity index (χ1) is 9.37. The van der Waals surface area contributed by atoms with Crippen molar-refractivity contribution in [1.82, 2.24) is 20.2 Å². The molecular weight excluding hydrogens is 236 g/mol. The van der Waals surface area contributed by atoms with E-state index in [0.717, 1.165) is 0 Å². The molecule has 1 saturated carbocycles. The lowest BCUT2D eigenvalue weighted by atomic mass is 9.83. The van der Waals surface area contributed by atoms with Crippen LogP contribution in [0.4, 0.5) is 0 Å². The first kappa shape index (κ1) is 13.0. The average Bonchev–Trinajstić information content (AvgIpc) is 3.12.